The molecule has 9 heteroatoms. The normalized spacial score (nSPS) is 13.7. The standard InChI is InChI=1S/C17H24ClFN3O3S/c1-7-24-16-11(10(2)23)8-12(18)15(19)14(16)13(21-22-20)9-25-26(6)17(3,4)5/h8,13H,7,9H2,1-6H3/q+1. The monoisotopic (exact) mass is 404 g/mol. The van der Waals surface area contributed by atoms with Crippen molar-refractivity contribution in [2.75, 3.05) is 19.5 Å². The zero-order valence-electron chi connectivity index (χ0n) is 15.8. The minimum atomic E-state index is -1.02. The molecule has 144 valence electrons. The lowest BCUT2D eigenvalue weighted by Gasteiger charge is -2.21. The van der Waals surface area contributed by atoms with Crippen LogP contribution in [0, 0.1) is 5.82 Å². The van der Waals surface area contributed by atoms with Crippen LogP contribution >= 0.6 is 11.6 Å². The van der Waals surface area contributed by atoms with Gasteiger partial charge in [-0.2, -0.15) is 4.18 Å². The molecule has 1 aromatic carbocycles. The molecular weight excluding hydrogens is 381 g/mol. The topological polar surface area (TPSA) is 84.3 Å². The first-order chi connectivity index (χ1) is 12.0. The number of ether oxygens (including phenoxy) is 1. The van der Waals surface area contributed by atoms with Gasteiger partial charge in [-0.1, -0.05) is 16.7 Å². The lowest BCUT2D eigenvalue weighted by Crippen LogP contribution is -2.30. The van der Waals surface area contributed by atoms with Crippen molar-refractivity contribution in [3.63, 3.8) is 0 Å². The van der Waals surface area contributed by atoms with Crippen molar-refractivity contribution >= 4 is 28.6 Å². The minimum Gasteiger partial charge on any atom is -0.493 e. The Bertz CT molecular complexity index is 718. The Morgan fingerprint density at radius 2 is 2.12 bits per heavy atom. The summed E-state index contributed by atoms with van der Waals surface area (Å²) in [6.07, 6.45) is 1.91. The number of carbonyl (C=O) groups is 1. The highest BCUT2D eigenvalue weighted by Gasteiger charge is 2.34. The van der Waals surface area contributed by atoms with Gasteiger partial charge in [0.05, 0.1) is 23.2 Å². The summed E-state index contributed by atoms with van der Waals surface area (Å²) in [5.41, 5.74) is 9.00. The highest BCUT2D eigenvalue weighted by Crippen LogP contribution is 2.38. The van der Waals surface area contributed by atoms with Crippen LogP contribution < -0.4 is 4.74 Å². The Balaban J connectivity index is 3.45. The van der Waals surface area contributed by atoms with Crippen LogP contribution in [0.1, 0.15) is 56.6 Å². The molecule has 2 unspecified atom stereocenters. The molecule has 0 aliphatic heterocycles. The van der Waals surface area contributed by atoms with Gasteiger partial charge in [-0.05, 0) is 46.2 Å². The number of rotatable bonds is 8. The van der Waals surface area contributed by atoms with Crippen LogP contribution in [-0.2, 0) is 15.4 Å². The Kier molecular flexibility index (Phi) is 8.21. The fourth-order valence-corrected chi connectivity index (χ4v) is 2.97. The van der Waals surface area contributed by atoms with Crippen molar-refractivity contribution in [1.29, 1.82) is 0 Å². The molecule has 0 spiro atoms. The fraction of sp³-hybridized carbons (Fsp3) is 0.588. The number of ketones is 1. The van der Waals surface area contributed by atoms with E-state index in [1.807, 2.05) is 27.0 Å². The third kappa shape index (κ3) is 5.51. The van der Waals surface area contributed by atoms with E-state index in [2.05, 4.69) is 10.0 Å². The van der Waals surface area contributed by atoms with E-state index >= 15 is 0 Å². The second-order valence-electron chi connectivity index (χ2n) is 6.52. The summed E-state index contributed by atoms with van der Waals surface area (Å²) >= 11 is 5.49. The summed E-state index contributed by atoms with van der Waals surface area (Å²) in [7, 11) is 0. The summed E-state index contributed by atoms with van der Waals surface area (Å²) in [4.78, 5) is 14.7. The first kappa shape index (κ1) is 22.6. The molecule has 0 aliphatic carbocycles. The molecular formula is C17H24ClFN3O3S+. The molecule has 0 saturated heterocycles. The molecule has 6 nitrogen and oxygen atoms in total. The number of hydrogen-bond acceptors (Lipinski definition) is 4. The highest BCUT2D eigenvalue weighted by atomic mass is 35.5. The van der Waals surface area contributed by atoms with E-state index < -0.39 is 23.0 Å². The van der Waals surface area contributed by atoms with Gasteiger partial charge in [0.25, 0.3) is 0 Å². The van der Waals surface area contributed by atoms with Gasteiger partial charge in [0.1, 0.15) is 35.6 Å². The number of carbonyl (C=O) groups excluding carboxylic acids is 1. The molecule has 0 aromatic heterocycles. The van der Waals surface area contributed by atoms with E-state index in [1.54, 1.807) is 6.92 Å². The second kappa shape index (κ2) is 9.46. The van der Waals surface area contributed by atoms with Gasteiger partial charge in [0, 0.05) is 10.5 Å². The smallest absolute Gasteiger partial charge is 0.163 e. The van der Waals surface area contributed by atoms with Crippen molar-refractivity contribution in [2.45, 2.75) is 45.4 Å². The Hall–Kier alpha value is -1.47. The van der Waals surface area contributed by atoms with Crippen molar-refractivity contribution in [3.05, 3.63) is 38.5 Å². The third-order valence-corrected chi connectivity index (χ3v) is 6.15. The molecule has 0 saturated carbocycles. The third-order valence-electron chi connectivity index (χ3n) is 3.66. The van der Waals surface area contributed by atoms with Crippen LogP contribution in [0.15, 0.2) is 11.2 Å². The van der Waals surface area contributed by atoms with Crippen molar-refractivity contribution < 1.29 is 18.1 Å². The molecule has 0 bridgehead atoms. The largest absolute Gasteiger partial charge is 0.493 e. The Morgan fingerprint density at radius 1 is 1.50 bits per heavy atom. The van der Waals surface area contributed by atoms with Gasteiger partial charge >= 0.3 is 0 Å². The number of nitrogens with zero attached hydrogens (tertiary/aromatic N) is 3. The van der Waals surface area contributed by atoms with Gasteiger partial charge in [0.15, 0.2) is 10.5 Å². The van der Waals surface area contributed by atoms with Crippen molar-refractivity contribution in [1.82, 2.24) is 0 Å². The molecule has 1 aromatic rings. The first-order valence-electron chi connectivity index (χ1n) is 8.03. The predicted molar refractivity (Wildman–Crippen MR) is 103 cm³/mol. The number of benzene rings is 1. The van der Waals surface area contributed by atoms with E-state index in [0.29, 0.717) is 0 Å². The van der Waals surface area contributed by atoms with Crippen LogP contribution in [-0.4, -0.2) is 30.0 Å². The van der Waals surface area contributed by atoms with E-state index in [1.165, 1.54) is 13.0 Å². The van der Waals surface area contributed by atoms with Crippen LogP contribution in [0.5, 0.6) is 5.75 Å². The predicted octanol–water partition coefficient (Wildman–Crippen LogP) is 5.41. The summed E-state index contributed by atoms with van der Waals surface area (Å²) < 4.78 is 26.0. The van der Waals surface area contributed by atoms with Crippen molar-refractivity contribution in [3.8, 4) is 5.75 Å². The average molecular weight is 405 g/mol. The van der Waals surface area contributed by atoms with Crippen LogP contribution in [0.25, 0.3) is 10.4 Å². The Labute approximate surface area is 161 Å². The molecule has 0 aliphatic rings. The number of hydrogen-bond donors (Lipinski definition) is 0. The number of Topliss-reactive ketones (excluding diaryl/α,β-unsaturated/α-hetero) is 1. The number of halogens is 2. The van der Waals surface area contributed by atoms with Gasteiger partial charge in [-0.15, -0.1) is 0 Å². The van der Waals surface area contributed by atoms with Gasteiger partial charge in [-0.3, -0.25) is 4.79 Å². The van der Waals surface area contributed by atoms with Crippen LogP contribution in [0.3, 0.4) is 0 Å². The van der Waals surface area contributed by atoms with Crippen LogP contribution in [0.2, 0.25) is 5.02 Å². The second-order valence-corrected chi connectivity index (χ2v) is 9.30. The molecule has 0 radical (unpaired) electrons. The summed E-state index contributed by atoms with van der Waals surface area (Å²) in [6, 6.07) is 0.206. The van der Waals surface area contributed by atoms with Crippen LogP contribution in [0.4, 0.5) is 4.39 Å². The van der Waals surface area contributed by atoms with E-state index in [9.17, 15) is 9.18 Å². The fourth-order valence-electron chi connectivity index (χ4n) is 2.07. The van der Waals surface area contributed by atoms with E-state index in [4.69, 9.17) is 26.1 Å². The zero-order valence-corrected chi connectivity index (χ0v) is 17.4. The summed E-state index contributed by atoms with van der Waals surface area (Å²) in [6.45, 7) is 9.22. The first-order valence-corrected chi connectivity index (χ1v) is 9.97. The maximum atomic E-state index is 14.8. The highest BCUT2D eigenvalue weighted by molar-refractivity contribution is 7.93. The SMILES string of the molecule is CCOc1c(C(C)=O)cc(Cl)c(F)c1C(CO[S+](C)C(C)(C)C)N=[N+]=[N-]. The zero-order chi connectivity index (χ0) is 20.1. The van der Waals surface area contributed by atoms with E-state index in [-0.39, 0.29) is 45.6 Å². The molecule has 0 N–H and O–H groups in total. The maximum Gasteiger partial charge on any atom is 0.163 e. The maximum absolute atomic E-state index is 14.8. The minimum absolute atomic E-state index is 0.0367. The Morgan fingerprint density at radius 3 is 2.58 bits per heavy atom. The van der Waals surface area contributed by atoms with Gasteiger partial charge in [-0.25, -0.2) is 4.39 Å². The molecule has 26 heavy (non-hydrogen) atoms. The molecule has 0 amide bonds. The number of azide groups is 1. The summed E-state index contributed by atoms with van der Waals surface area (Å²) in [5, 5.41) is 3.43. The molecule has 0 fully saturated rings. The summed E-state index contributed by atoms with van der Waals surface area (Å²) in [5.74, 6) is -1.08. The van der Waals surface area contributed by atoms with Crippen molar-refractivity contribution in [2.24, 2.45) is 5.11 Å². The molecule has 0 heterocycles. The van der Waals surface area contributed by atoms with E-state index in [0.717, 1.165) is 0 Å². The lowest BCUT2D eigenvalue weighted by atomic mass is 10.00. The molecule has 1 rings (SSSR count). The van der Waals surface area contributed by atoms with Gasteiger partial charge < -0.3 is 4.74 Å². The molecule has 2 atom stereocenters. The average Bonchev–Trinajstić information content (AvgIpc) is 2.54. The lowest BCUT2D eigenvalue weighted by molar-refractivity contribution is 0.101. The quantitative estimate of drug-likeness (QED) is 0.191. The van der Waals surface area contributed by atoms with Gasteiger partial charge in [0.2, 0.25) is 0 Å².